The van der Waals surface area contributed by atoms with Gasteiger partial charge in [0, 0.05) is 29.8 Å². The summed E-state index contributed by atoms with van der Waals surface area (Å²) in [6.07, 6.45) is 10.8. The van der Waals surface area contributed by atoms with E-state index in [2.05, 4.69) is 67.7 Å². The van der Waals surface area contributed by atoms with Crippen molar-refractivity contribution in [3.8, 4) is 5.75 Å². The van der Waals surface area contributed by atoms with Crippen molar-refractivity contribution in [2.45, 2.75) is 51.4 Å². The van der Waals surface area contributed by atoms with Crippen LogP contribution in [0.2, 0.25) is 0 Å². The zero-order valence-corrected chi connectivity index (χ0v) is 20.8. The Hall–Kier alpha value is -2.85. The van der Waals surface area contributed by atoms with Crippen molar-refractivity contribution in [1.29, 1.82) is 0 Å². The molecule has 0 saturated carbocycles. The fraction of sp³-hybridized carbons (Fsp3) is 0.433. The summed E-state index contributed by atoms with van der Waals surface area (Å²) in [5.41, 5.74) is 5.79. The molecule has 0 fully saturated rings. The van der Waals surface area contributed by atoms with E-state index < -0.39 is 0 Å². The lowest BCUT2D eigenvalue weighted by Gasteiger charge is -2.25. The second kappa shape index (κ2) is 11.5. The number of rotatable bonds is 8. The van der Waals surface area contributed by atoms with E-state index in [1.807, 2.05) is 24.3 Å². The second-order valence-corrected chi connectivity index (χ2v) is 9.93. The number of hydrogen-bond donors (Lipinski definition) is 1. The number of nitrogens with zero attached hydrogens (tertiary/aromatic N) is 1. The molecule has 2 atom stereocenters. The summed E-state index contributed by atoms with van der Waals surface area (Å²) < 4.78 is 5.89. The molecule has 34 heavy (non-hydrogen) atoms. The van der Waals surface area contributed by atoms with Crippen molar-refractivity contribution in [2.75, 3.05) is 32.6 Å². The van der Waals surface area contributed by atoms with Gasteiger partial charge in [-0.05, 0) is 83.2 Å². The van der Waals surface area contributed by atoms with Gasteiger partial charge in [0.05, 0.1) is 6.61 Å². The summed E-state index contributed by atoms with van der Waals surface area (Å²) in [6, 6.07) is 16.6. The van der Waals surface area contributed by atoms with Crippen LogP contribution in [0.4, 0.5) is 5.69 Å². The summed E-state index contributed by atoms with van der Waals surface area (Å²) >= 11 is 0. The van der Waals surface area contributed by atoms with Gasteiger partial charge in [-0.1, -0.05) is 53.6 Å². The number of anilines is 1. The van der Waals surface area contributed by atoms with E-state index in [9.17, 15) is 4.79 Å². The normalized spacial score (nSPS) is 20.1. The number of carbonyl (C=O) groups is 1. The Kier molecular flexibility index (Phi) is 8.23. The second-order valence-electron chi connectivity index (χ2n) is 9.93. The average molecular weight is 459 g/mol. The number of ether oxygens (including phenoxy) is 1. The van der Waals surface area contributed by atoms with Crippen molar-refractivity contribution in [2.24, 2.45) is 5.92 Å². The van der Waals surface area contributed by atoms with E-state index in [1.165, 1.54) is 16.7 Å². The third-order valence-electron chi connectivity index (χ3n) is 6.97. The van der Waals surface area contributed by atoms with E-state index in [1.54, 1.807) is 0 Å². The maximum Gasteiger partial charge on any atom is 0.251 e. The molecule has 0 heterocycles. The van der Waals surface area contributed by atoms with Crippen molar-refractivity contribution in [3.05, 3.63) is 83.0 Å². The molecule has 4 rings (SSSR count). The summed E-state index contributed by atoms with van der Waals surface area (Å²) in [7, 11) is 4.13. The van der Waals surface area contributed by atoms with Gasteiger partial charge < -0.3 is 15.0 Å². The maximum atomic E-state index is 13.3. The van der Waals surface area contributed by atoms with Crippen LogP contribution in [-0.4, -0.2) is 38.1 Å². The number of fused-ring (bicyclic) bond motifs is 1. The highest BCUT2D eigenvalue weighted by Crippen LogP contribution is 2.40. The van der Waals surface area contributed by atoms with Gasteiger partial charge in [-0.3, -0.25) is 4.79 Å². The molecule has 0 aromatic heterocycles. The fourth-order valence-electron chi connectivity index (χ4n) is 5.07. The summed E-state index contributed by atoms with van der Waals surface area (Å²) in [5, 5.41) is 3.15. The number of amides is 1. The minimum atomic E-state index is 0.0478. The predicted molar refractivity (Wildman–Crippen MR) is 140 cm³/mol. The third-order valence-corrected chi connectivity index (χ3v) is 6.97. The number of aryl methyl sites for hydroxylation is 1. The van der Waals surface area contributed by atoms with Gasteiger partial charge in [0.2, 0.25) is 0 Å². The van der Waals surface area contributed by atoms with Gasteiger partial charge in [0.15, 0.2) is 0 Å². The molecule has 0 radical (unpaired) electrons. The van der Waals surface area contributed by atoms with Crippen LogP contribution < -0.4 is 10.1 Å². The molecule has 2 aromatic rings. The minimum absolute atomic E-state index is 0.0478. The number of allylic oxidation sites excluding steroid dienone is 3. The molecule has 2 unspecified atom stereocenters. The summed E-state index contributed by atoms with van der Waals surface area (Å²) in [6.45, 7) is 3.79. The molecular formula is C30H38N2O2. The van der Waals surface area contributed by atoms with Gasteiger partial charge in [0.1, 0.15) is 5.75 Å². The van der Waals surface area contributed by atoms with Crippen molar-refractivity contribution in [3.63, 3.8) is 0 Å². The lowest BCUT2D eigenvalue weighted by Crippen LogP contribution is -2.21. The lowest BCUT2D eigenvalue weighted by molar-refractivity contribution is -0.113. The van der Waals surface area contributed by atoms with Crippen molar-refractivity contribution >= 4 is 11.6 Å². The Balaban J connectivity index is 1.43. The molecule has 0 spiro atoms. The minimum Gasteiger partial charge on any atom is -0.493 e. The molecule has 0 bridgehead atoms. The van der Waals surface area contributed by atoms with Gasteiger partial charge in [0.25, 0.3) is 5.91 Å². The van der Waals surface area contributed by atoms with E-state index in [-0.39, 0.29) is 5.91 Å². The Bertz CT molecular complexity index is 1040. The number of nitrogens with one attached hydrogen (secondary N) is 1. The zero-order chi connectivity index (χ0) is 23.9. The molecule has 2 aliphatic rings. The Labute approximate surface area is 204 Å². The first kappa shape index (κ1) is 24.3. The van der Waals surface area contributed by atoms with Crippen LogP contribution in [-0.2, 0) is 4.79 Å². The van der Waals surface area contributed by atoms with E-state index >= 15 is 0 Å². The molecule has 1 N–H and O–H groups in total. The van der Waals surface area contributed by atoms with E-state index in [0.717, 1.165) is 62.1 Å². The molecule has 2 aliphatic carbocycles. The fourth-order valence-corrected chi connectivity index (χ4v) is 5.07. The van der Waals surface area contributed by atoms with E-state index in [4.69, 9.17) is 4.74 Å². The Morgan fingerprint density at radius 3 is 2.62 bits per heavy atom. The molecule has 180 valence electrons. The van der Waals surface area contributed by atoms with E-state index in [0.29, 0.717) is 18.4 Å². The molecule has 0 aliphatic heterocycles. The van der Waals surface area contributed by atoms with Crippen LogP contribution in [0.1, 0.15) is 55.6 Å². The standard InChI is InChI=1S/C30H38N2O2/c1-22-11-13-23(14-12-22)24-15-16-25-7-4-10-29(28(25)18-17-24)30(33)31-26-8-5-9-27(21-26)34-20-6-19-32(2)3/h5,8-9,11-16,21,24-25H,4,6-7,10,17-20H2,1-3H3,(H,31,33). The lowest BCUT2D eigenvalue weighted by atomic mass is 9.80. The zero-order valence-electron chi connectivity index (χ0n) is 20.8. The van der Waals surface area contributed by atoms with Crippen LogP contribution in [0.3, 0.4) is 0 Å². The summed E-state index contributed by atoms with van der Waals surface area (Å²) in [5.74, 6) is 1.65. The van der Waals surface area contributed by atoms with Gasteiger partial charge >= 0.3 is 0 Å². The molecule has 0 saturated heterocycles. The monoisotopic (exact) mass is 458 g/mol. The van der Waals surface area contributed by atoms with Gasteiger partial charge in [-0.15, -0.1) is 0 Å². The van der Waals surface area contributed by atoms with Crippen LogP contribution in [0, 0.1) is 12.8 Å². The summed E-state index contributed by atoms with van der Waals surface area (Å²) in [4.78, 5) is 15.5. The Morgan fingerprint density at radius 1 is 1.03 bits per heavy atom. The molecule has 4 nitrogen and oxygen atoms in total. The van der Waals surface area contributed by atoms with Crippen LogP contribution in [0.25, 0.3) is 0 Å². The SMILES string of the molecule is Cc1ccc(C2C=CC3CCCC(C(=O)Nc4cccc(OCCCN(C)C)c4)=C3CC2)cc1. The largest absolute Gasteiger partial charge is 0.493 e. The highest BCUT2D eigenvalue weighted by atomic mass is 16.5. The number of hydrogen-bond acceptors (Lipinski definition) is 3. The maximum absolute atomic E-state index is 13.3. The number of carbonyl (C=O) groups excluding carboxylic acids is 1. The average Bonchev–Trinajstić information content (AvgIpc) is 3.05. The highest BCUT2D eigenvalue weighted by Gasteiger charge is 2.28. The molecular weight excluding hydrogens is 420 g/mol. The first-order chi connectivity index (χ1) is 16.5. The highest BCUT2D eigenvalue weighted by molar-refractivity contribution is 6.04. The van der Waals surface area contributed by atoms with Gasteiger partial charge in [-0.2, -0.15) is 0 Å². The quantitative estimate of drug-likeness (QED) is 0.363. The predicted octanol–water partition coefficient (Wildman–Crippen LogP) is 6.49. The Morgan fingerprint density at radius 2 is 1.82 bits per heavy atom. The first-order valence-electron chi connectivity index (χ1n) is 12.7. The third kappa shape index (κ3) is 6.38. The van der Waals surface area contributed by atoms with Crippen LogP contribution >= 0.6 is 0 Å². The molecule has 4 heteroatoms. The van der Waals surface area contributed by atoms with Crippen LogP contribution in [0.15, 0.2) is 71.8 Å². The first-order valence-corrected chi connectivity index (χ1v) is 12.7. The van der Waals surface area contributed by atoms with Crippen LogP contribution in [0.5, 0.6) is 5.75 Å². The van der Waals surface area contributed by atoms with Gasteiger partial charge in [-0.25, -0.2) is 0 Å². The van der Waals surface area contributed by atoms with Crippen molar-refractivity contribution < 1.29 is 9.53 Å². The molecule has 2 aromatic carbocycles. The number of benzene rings is 2. The smallest absolute Gasteiger partial charge is 0.251 e. The molecule has 1 amide bonds. The topological polar surface area (TPSA) is 41.6 Å². The van der Waals surface area contributed by atoms with Crippen molar-refractivity contribution in [1.82, 2.24) is 4.90 Å².